The summed E-state index contributed by atoms with van der Waals surface area (Å²) >= 11 is 0. The number of anilines is 4. The quantitative estimate of drug-likeness (QED) is 0.216. The Morgan fingerprint density at radius 1 is 0.905 bits per heavy atom. The van der Waals surface area contributed by atoms with Crippen molar-refractivity contribution in [1.82, 2.24) is 39.8 Å². The Hall–Kier alpha value is -6.10. The van der Waals surface area contributed by atoms with Crippen LogP contribution in [-0.4, -0.2) is 116 Å². The van der Waals surface area contributed by atoms with E-state index in [-0.39, 0.29) is 29.7 Å². The van der Waals surface area contributed by atoms with Crippen LogP contribution < -0.4 is 25.2 Å². The van der Waals surface area contributed by atoms with Gasteiger partial charge in [-0.05, 0) is 102 Å². The molecule has 9 rings (SSSR count). The molecule has 0 radical (unpaired) electrons. The van der Waals surface area contributed by atoms with Crippen LogP contribution in [0.2, 0.25) is 0 Å². The van der Waals surface area contributed by atoms with E-state index in [1.165, 1.54) is 5.56 Å². The number of ether oxygens (including phenoxy) is 2. The highest BCUT2D eigenvalue weighted by molar-refractivity contribution is 6.01. The lowest BCUT2D eigenvalue weighted by Crippen LogP contribution is -2.46. The van der Waals surface area contributed by atoms with E-state index in [2.05, 4.69) is 47.6 Å². The van der Waals surface area contributed by atoms with Crippen molar-refractivity contribution < 1.29 is 28.7 Å². The van der Waals surface area contributed by atoms with Crippen LogP contribution in [0.3, 0.4) is 0 Å². The number of aromatic nitrogens is 5. The average Bonchev–Trinajstić information content (AvgIpc) is 3.74. The lowest BCUT2D eigenvalue weighted by Gasteiger charge is -2.36. The first kappa shape index (κ1) is 42.2. The van der Waals surface area contributed by atoms with Crippen molar-refractivity contribution in [3.05, 3.63) is 77.0 Å². The van der Waals surface area contributed by atoms with Gasteiger partial charge in [0.25, 0.3) is 0 Å². The SMILES string of the molecule is Cc1c(N2CCc3cnc(Nc4cnn(C5CCN(C(=O)CN6CCC(c7ccc(C8CCC(=O)NC8=O)cc7)CC6)CC5)c4)nc3C2)cnc2c1N(C(=O)OC(C)(C)C)CCO2. The molecular weight excluding hydrogens is 803 g/mol. The summed E-state index contributed by atoms with van der Waals surface area (Å²) in [4.78, 5) is 72.8. The van der Waals surface area contributed by atoms with Crippen molar-refractivity contribution in [2.24, 2.45) is 0 Å². The number of pyridine rings is 1. The largest absolute Gasteiger partial charge is 0.474 e. The highest BCUT2D eigenvalue weighted by Crippen LogP contribution is 2.40. The van der Waals surface area contributed by atoms with Gasteiger partial charge >= 0.3 is 6.09 Å². The number of imide groups is 1. The van der Waals surface area contributed by atoms with Gasteiger partial charge in [0.15, 0.2) is 0 Å². The molecule has 17 heteroatoms. The minimum atomic E-state index is -0.627. The van der Waals surface area contributed by atoms with Gasteiger partial charge in [0.1, 0.15) is 17.9 Å². The topological polar surface area (TPSA) is 180 Å². The first-order valence-electron chi connectivity index (χ1n) is 22.3. The second-order valence-corrected chi connectivity index (χ2v) is 18.4. The summed E-state index contributed by atoms with van der Waals surface area (Å²) in [6.07, 6.45) is 12.4. The number of nitrogens with zero attached hydrogens (tertiary/aromatic N) is 9. The van der Waals surface area contributed by atoms with Gasteiger partial charge in [0.2, 0.25) is 29.5 Å². The number of hydrogen-bond donors (Lipinski definition) is 2. The number of amides is 4. The molecular formula is C46H57N11O6. The van der Waals surface area contributed by atoms with E-state index < -0.39 is 11.7 Å². The summed E-state index contributed by atoms with van der Waals surface area (Å²) in [5.41, 5.74) is 6.85. The van der Waals surface area contributed by atoms with Gasteiger partial charge in [0, 0.05) is 44.0 Å². The van der Waals surface area contributed by atoms with Crippen molar-refractivity contribution in [2.45, 2.75) is 103 Å². The van der Waals surface area contributed by atoms with Gasteiger partial charge in [-0.1, -0.05) is 24.3 Å². The lowest BCUT2D eigenvalue weighted by molar-refractivity contribution is -0.135. The number of fused-ring (bicyclic) bond motifs is 2. The minimum absolute atomic E-state index is 0.182. The summed E-state index contributed by atoms with van der Waals surface area (Å²) in [6.45, 7) is 13.2. The van der Waals surface area contributed by atoms with Gasteiger partial charge < -0.3 is 24.6 Å². The minimum Gasteiger partial charge on any atom is -0.474 e. The van der Waals surface area contributed by atoms with Gasteiger partial charge in [-0.3, -0.25) is 34.2 Å². The fraction of sp³-hybridized carbons (Fsp3) is 0.522. The number of carbonyl (C=O) groups is 4. The number of benzene rings is 1. The van der Waals surface area contributed by atoms with Crippen LogP contribution in [0.25, 0.3) is 0 Å². The molecule has 3 saturated heterocycles. The Bertz CT molecular complexity index is 2360. The normalized spacial score (nSPS) is 20.1. The van der Waals surface area contributed by atoms with E-state index in [4.69, 9.17) is 14.5 Å². The van der Waals surface area contributed by atoms with E-state index in [9.17, 15) is 19.2 Å². The van der Waals surface area contributed by atoms with Crippen molar-refractivity contribution >= 4 is 46.8 Å². The zero-order valence-corrected chi connectivity index (χ0v) is 36.6. The molecule has 1 unspecified atom stereocenters. The third kappa shape index (κ3) is 9.33. The smallest absolute Gasteiger partial charge is 0.415 e. The van der Waals surface area contributed by atoms with Crippen LogP contribution in [0, 0.1) is 6.92 Å². The number of piperidine rings is 3. The predicted molar refractivity (Wildman–Crippen MR) is 235 cm³/mol. The van der Waals surface area contributed by atoms with Crippen LogP contribution in [0.15, 0.2) is 49.1 Å². The molecule has 4 aromatic rings. The van der Waals surface area contributed by atoms with Crippen molar-refractivity contribution in [3.8, 4) is 5.88 Å². The highest BCUT2D eigenvalue weighted by atomic mass is 16.6. The Morgan fingerprint density at radius 3 is 2.41 bits per heavy atom. The molecule has 0 spiro atoms. The molecule has 0 saturated carbocycles. The molecule has 8 heterocycles. The third-order valence-electron chi connectivity index (χ3n) is 13.0. The third-order valence-corrected chi connectivity index (χ3v) is 13.0. The van der Waals surface area contributed by atoms with Crippen LogP contribution >= 0.6 is 0 Å². The van der Waals surface area contributed by atoms with Crippen molar-refractivity contribution in [1.29, 1.82) is 0 Å². The molecule has 5 aliphatic rings. The second-order valence-electron chi connectivity index (χ2n) is 18.4. The van der Waals surface area contributed by atoms with Gasteiger partial charge in [-0.15, -0.1) is 0 Å². The lowest BCUT2D eigenvalue weighted by atomic mass is 9.86. The number of nitrogens with one attached hydrogen (secondary N) is 2. The summed E-state index contributed by atoms with van der Waals surface area (Å²) in [5.74, 6) is 0.854. The molecule has 332 valence electrons. The summed E-state index contributed by atoms with van der Waals surface area (Å²) < 4.78 is 13.6. The number of likely N-dealkylation sites (tertiary alicyclic amines) is 2. The molecule has 1 atom stereocenters. The van der Waals surface area contributed by atoms with Crippen LogP contribution in [0.1, 0.15) is 105 Å². The average molecular weight is 860 g/mol. The Balaban J connectivity index is 0.747. The molecule has 1 aromatic carbocycles. The first-order valence-corrected chi connectivity index (χ1v) is 22.3. The van der Waals surface area contributed by atoms with Crippen LogP contribution in [0.5, 0.6) is 5.88 Å². The molecule has 5 aliphatic heterocycles. The summed E-state index contributed by atoms with van der Waals surface area (Å²) in [5, 5.41) is 10.5. The van der Waals surface area contributed by atoms with E-state index in [1.807, 2.05) is 68.0 Å². The molecule has 63 heavy (non-hydrogen) atoms. The van der Waals surface area contributed by atoms with E-state index in [1.54, 1.807) is 11.1 Å². The van der Waals surface area contributed by atoms with Crippen LogP contribution in [-0.2, 0) is 32.1 Å². The Morgan fingerprint density at radius 2 is 1.67 bits per heavy atom. The monoisotopic (exact) mass is 859 g/mol. The van der Waals surface area contributed by atoms with Gasteiger partial charge in [-0.25, -0.2) is 19.7 Å². The van der Waals surface area contributed by atoms with Crippen LogP contribution in [0.4, 0.5) is 27.8 Å². The summed E-state index contributed by atoms with van der Waals surface area (Å²) in [7, 11) is 0. The zero-order chi connectivity index (χ0) is 43.8. The first-order chi connectivity index (χ1) is 30.3. The standard InChI is InChI=1S/C46H57N11O6/c1-29-38(25-47-43-41(29)56(21-22-62-43)45(61)63-46(2,3)4)55-18-13-33-23-48-44(51-37(33)27-55)50-34-24-49-57(26-34)35-14-19-54(20-15-35)40(59)28-53-16-11-31(12-17-53)30-5-7-32(8-6-30)36-9-10-39(58)52-42(36)60/h5-8,23-26,31,35-36H,9-22,27-28H2,1-4H3,(H,48,50,51)(H,52,58,60). The second kappa shape index (κ2) is 17.6. The fourth-order valence-electron chi connectivity index (χ4n) is 9.55. The number of carbonyl (C=O) groups excluding carboxylic acids is 4. The van der Waals surface area contributed by atoms with Crippen molar-refractivity contribution in [2.75, 3.05) is 67.5 Å². The predicted octanol–water partition coefficient (Wildman–Crippen LogP) is 5.38. The number of hydrogen-bond acceptors (Lipinski definition) is 13. The van der Waals surface area contributed by atoms with E-state index in [0.717, 1.165) is 85.5 Å². The Kier molecular flexibility index (Phi) is 11.8. The van der Waals surface area contributed by atoms with Crippen molar-refractivity contribution in [3.63, 3.8) is 0 Å². The zero-order valence-electron chi connectivity index (χ0n) is 36.6. The van der Waals surface area contributed by atoms with Gasteiger partial charge in [0.05, 0.1) is 61.1 Å². The fourth-order valence-corrected chi connectivity index (χ4v) is 9.55. The maximum atomic E-state index is 13.4. The van der Waals surface area contributed by atoms with Gasteiger partial charge in [-0.2, -0.15) is 5.10 Å². The molecule has 3 fully saturated rings. The van der Waals surface area contributed by atoms with E-state index in [0.29, 0.717) is 75.6 Å². The Labute approximate surface area is 367 Å². The molecule has 2 N–H and O–H groups in total. The molecule has 0 aliphatic carbocycles. The maximum Gasteiger partial charge on any atom is 0.415 e. The highest BCUT2D eigenvalue weighted by Gasteiger charge is 2.34. The molecule has 3 aromatic heterocycles. The molecule has 0 bridgehead atoms. The summed E-state index contributed by atoms with van der Waals surface area (Å²) in [6, 6.07) is 8.50. The molecule has 17 nitrogen and oxygen atoms in total. The number of rotatable bonds is 8. The molecule has 4 amide bonds. The maximum absolute atomic E-state index is 13.4. The van der Waals surface area contributed by atoms with E-state index >= 15 is 0 Å².